The van der Waals surface area contributed by atoms with Gasteiger partial charge in [-0.25, -0.2) is 0 Å². The molecule has 0 aromatic carbocycles. The molecular formula is C20H34O5. The predicted molar refractivity (Wildman–Crippen MR) is 100 cm³/mol. The Labute approximate surface area is 151 Å². The van der Waals surface area contributed by atoms with Gasteiger partial charge in [0.25, 0.3) is 0 Å². The van der Waals surface area contributed by atoms with Crippen LogP contribution in [0, 0.1) is 0 Å². The van der Waals surface area contributed by atoms with E-state index in [0.717, 1.165) is 25.7 Å². The maximum absolute atomic E-state index is 10.3. The zero-order valence-corrected chi connectivity index (χ0v) is 15.3. The van der Waals surface area contributed by atoms with E-state index in [1.165, 1.54) is 6.08 Å². The van der Waals surface area contributed by atoms with Crippen molar-refractivity contribution < 1.29 is 25.2 Å². The van der Waals surface area contributed by atoms with Crippen molar-refractivity contribution in [3.8, 4) is 0 Å². The first-order valence-corrected chi connectivity index (χ1v) is 9.24. The lowest BCUT2D eigenvalue weighted by atomic mass is 10.1. The van der Waals surface area contributed by atoms with Crippen molar-refractivity contribution in [2.75, 3.05) is 0 Å². The zero-order chi connectivity index (χ0) is 18.9. The van der Waals surface area contributed by atoms with Crippen molar-refractivity contribution >= 4 is 5.97 Å². The minimum Gasteiger partial charge on any atom is -0.510 e. The summed E-state index contributed by atoms with van der Waals surface area (Å²) in [7, 11) is 0. The quantitative estimate of drug-likeness (QED) is 0.200. The van der Waals surface area contributed by atoms with Gasteiger partial charge >= 0.3 is 5.97 Å². The molecule has 0 radical (unpaired) electrons. The maximum atomic E-state index is 10.3. The minimum absolute atomic E-state index is 0.0941. The van der Waals surface area contributed by atoms with Gasteiger partial charge in [-0.2, -0.15) is 0 Å². The van der Waals surface area contributed by atoms with Crippen LogP contribution in [0.1, 0.15) is 71.1 Å². The van der Waals surface area contributed by atoms with E-state index in [2.05, 4.69) is 6.92 Å². The molecule has 0 heterocycles. The van der Waals surface area contributed by atoms with Crippen molar-refractivity contribution in [1.82, 2.24) is 0 Å². The zero-order valence-electron chi connectivity index (χ0n) is 15.3. The van der Waals surface area contributed by atoms with Crippen molar-refractivity contribution in [2.24, 2.45) is 0 Å². The van der Waals surface area contributed by atoms with Gasteiger partial charge in [-0.3, -0.25) is 4.79 Å². The van der Waals surface area contributed by atoms with Crippen molar-refractivity contribution in [3.05, 3.63) is 36.1 Å². The summed E-state index contributed by atoms with van der Waals surface area (Å²) in [6.07, 6.45) is 14.5. The van der Waals surface area contributed by atoms with Crippen LogP contribution in [-0.2, 0) is 4.79 Å². The molecule has 5 nitrogen and oxygen atoms in total. The Bertz CT molecular complexity index is 426. The molecule has 0 rings (SSSR count). The fourth-order valence-corrected chi connectivity index (χ4v) is 2.25. The highest BCUT2D eigenvalue weighted by molar-refractivity contribution is 5.66. The fourth-order valence-electron chi connectivity index (χ4n) is 2.25. The molecule has 0 aromatic heterocycles. The summed E-state index contributed by atoms with van der Waals surface area (Å²) in [5.41, 5.74) is 0. The van der Waals surface area contributed by atoms with Crippen molar-refractivity contribution in [3.63, 3.8) is 0 Å². The smallest absolute Gasteiger partial charge is 0.303 e. The lowest BCUT2D eigenvalue weighted by Gasteiger charge is -2.10. The van der Waals surface area contributed by atoms with Crippen LogP contribution < -0.4 is 0 Å². The lowest BCUT2D eigenvalue weighted by molar-refractivity contribution is -0.137. The number of rotatable bonds is 15. The maximum Gasteiger partial charge on any atom is 0.303 e. The average molecular weight is 354 g/mol. The molecule has 1 unspecified atom stereocenters. The first-order chi connectivity index (χ1) is 12.0. The predicted octanol–water partition coefficient (Wildman–Crippen LogP) is 4.27. The molecule has 0 aliphatic rings. The van der Waals surface area contributed by atoms with E-state index in [4.69, 9.17) is 5.11 Å². The third-order valence-corrected chi connectivity index (χ3v) is 3.81. The lowest BCUT2D eigenvalue weighted by Crippen LogP contribution is -2.11. The third kappa shape index (κ3) is 15.7. The number of carboxylic acid groups (broad SMARTS) is 1. The Kier molecular flexibility index (Phi) is 14.9. The number of unbranched alkanes of at least 4 members (excludes halogenated alkanes) is 3. The van der Waals surface area contributed by atoms with E-state index in [-0.39, 0.29) is 12.2 Å². The molecule has 0 amide bonds. The molecule has 144 valence electrons. The monoisotopic (exact) mass is 354 g/mol. The third-order valence-electron chi connectivity index (χ3n) is 3.81. The van der Waals surface area contributed by atoms with Gasteiger partial charge in [0.2, 0.25) is 0 Å². The molecule has 0 aliphatic heterocycles. The SMILES string of the molecule is CCCCC[C@H](O)C/C=C(\O)C(O)C/C=C/C/C=C/CCCC(=O)O. The Balaban J connectivity index is 3.87. The number of aliphatic carboxylic acids is 1. The number of aliphatic hydroxyl groups excluding tert-OH is 3. The van der Waals surface area contributed by atoms with Crippen LogP contribution in [0.25, 0.3) is 0 Å². The van der Waals surface area contributed by atoms with Gasteiger partial charge in [0, 0.05) is 6.42 Å². The van der Waals surface area contributed by atoms with E-state index in [1.807, 2.05) is 18.2 Å². The highest BCUT2D eigenvalue weighted by Gasteiger charge is 2.08. The van der Waals surface area contributed by atoms with Gasteiger partial charge in [0.05, 0.1) is 6.10 Å². The molecule has 0 aromatic rings. The summed E-state index contributed by atoms with van der Waals surface area (Å²) in [4.78, 5) is 10.3. The van der Waals surface area contributed by atoms with Crippen LogP contribution >= 0.6 is 0 Å². The standard InChI is InChI=1S/C20H34O5/c1-2-3-9-12-17(21)15-16-19(23)18(22)13-10-7-5-4-6-8-11-14-20(24)25/h4,6-7,10,16-18,21-23H,2-3,5,8-9,11-15H2,1H3,(H,24,25)/b6-4+,10-7+,19-16-/t17-,18?/m0/s1. The van der Waals surface area contributed by atoms with E-state index < -0.39 is 18.2 Å². The Hall–Kier alpha value is -1.59. The highest BCUT2D eigenvalue weighted by atomic mass is 16.4. The van der Waals surface area contributed by atoms with E-state index >= 15 is 0 Å². The fraction of sp³-hybridized carbons (Fsp3) is 0.650. The van der Waals surface area contributed by atoms with Crippen LogP contribution in [0.4, 0.5) is 0 Å². The normalized spacial score (nSPS) is 15.1. The summed E-state index contributed by atoms with van der Waals surface area (Å²) in [5.74, 6) is -0.868. The number of hydrogen-bond donors (Lipinski definition) is 4. The molecule has 0 spiro atoms. The second-order valence-corrected chi connectivity index (χ2v) is 6.23. The molecule has 5 heteroatoms. The number of allylic oxidation sites excluding steroid dienone is 3. The van der Waals surface area contributed by atoms with Gasteiger partial charge in [-0.05, 0) is 44.6 Å². The van der Waals surface area contributed by atoms with Gasteiger partial charge in [-0.1, -0.05) is 50.5 Å². The van der Waals surface area contributed by atoms with Crippen molar-refractivity contribution in [1.29, 1.82) is 0 Å². The number of carbonyl (C=O) groups is 1. The number of hydrogen-bond acceptors (Lipinski definition) is 4. The molecule has 4 N–H and O–H groups in total. The molecule has 0 aliphatic carbocycles. The highest BCUT2D eigenvalue weighted by Crippen LogP contribution is 2.11. The topological polar surface area (TPSA) is 98.0 Å². The van der Waals surface area contributed by atoms with Gasteiger partial charge in [0.15, 0.2) is 0 Å². The molecule has 2 atom stereocenters. The second-order valence-electron chi connectivity index (χ2n) is 6.23. The largest absolute Gasteiger partial charge is 0.510 e. The van der Waals surface area contributed by atoms with Gasteiger partial charge in [-0.15, -0.1) is 0 Å². The molecule has 0 saturated carbocycles. The Morgan fingerprint density at radius 1 is 0.960 bits per heavy atom. The summed E-state index contributed by atoms with van der Waals surface area (Å²) in [6, 6.07) is 0. The van der Waals surface area contributed by atoms with Crippen LogP contribution in [0.15, 0.2) is 36.1 Å². The first-order valence-electron chi connectivity index (χ1n) is 9.24. The van der Waals surface area contributed by atoms with Crippen LogP contribution in [0.2, 0.25) is 0 Å². The van der Waals surface area contributed by atoms with Gasteiger partial charge in [0.1, 0.15) is 11.9 Å². The molecule has 0 saturated heterocycles. The molecule has 0 bridgehead atoms. The minimum atomic E-state index is -0.946. The van der Waals surface area contributed by atoms with Crippen LogP contribution in [-0.4, -0.2) is 38.6 Å². The first kappa shape index (κ1) is 23.4. The molecule has 25 heavy (non-hydrogen) atoms. The van der Waals surface area contributed by atoms with E-state index in [9.17, 15) is 20.1 Å². The Morgan fingerprint density at radius 3 is 2.36 bits per heavy atom. The van der Waals surface area contributed by atoms with Crippen LogP contribution in [0.3, 0.4) is 0 Å². The second kappa shape index (κ2) is 15.9. The van der Waals surface area contributed by atoms with E-state index in [1.54, 1.807) is 6.08 Å². The van der Waals surface area contributed by atoms with E-state index in [0.29, 0.717) is 32.1 Å². The Morgan fingerprint density at radius 2 is 1.68 bits per heavy atom. The molecule has 0 fully saturated rings. The van der Waals surface area contributed by atoms with Crippen LogP contribution in [0.5, 0.6) is 0 Å². The molecular weight excluding hydrogens is 320 g/mol. The number of carboxylic acids is 1. The van der Waals surface area contributed by atoms with Gasteiger partial charge < -0.3 is 20.4 Å². The van der Waals surface area contributed by atoms with Crippen molar-refractivity contribution in [2.45, 2.75) is 83.3 Å². The average Bonchev–Trinajstić information content (AvgIpc) is 2.57. The summed E-state index contributed by atoms with van der Waals surface area (Å²) in [5, 5.41) is 37.9. The number of aliphatic hydroxyl groups is 3. The summed E-state index contributed by atoms with van der Waals surface area (Å²) < 4.78 is 0. The summed E-state index contributed by atoms with van der Waals surface area (Å²) in [6.45, 7) is 2.11. The summed E-state index contributed by atoms with van der Waals surface area (Å²) >= 11 is 0.